The predicted molar refractivity (Wildman–Crippen MR) is 130 cm³/mol. The summed E-state index contributed by atoms with van der Waals surface area (Å²) in [5.74, 6) is -0.952. The molecule has 4 aromatic rings. The molecule has 0 radical (unpaired) electrons. The summed E-state index contributed by atoms with van der Waals surface area (Å²) in [5.41, 5.74) is 9.00. The second-order valence-corrected chi connectivity index (χ2v) is 10.5. The van der Waals surface area contributed by atoms with Gasteiger partial charge < -0.3 is 11.1 Å². The second-order valence-electron chi connectivity index (χ2n) is 7.60. The molecular formula is C25H21FN2O3S2. The van der Waals surface area contributed by atoms with E-state index >= 15 is 0 Å². The number of ketones is 1. The van der Waals surface area contributed by atoms with E-state index in [0.29, 0.717) is 5.69 Å². The van der Waals surface area contributed by atoms with E-state index < -0.39 is 21.4 Å². The number of nitrogens with one attached hydrogen (secondary N) is 1. The van der Waals surface area contributed by atoms with Crippen molar-refractivity contribution in [1.82, 2.24) is 0 Å². The maximum absolute atomic E-state index is 13.6. The van der Waals surface area contributed by atoms with Crippen molar-refractivity contribution in [2.24, 2.45) is 0 Å². The topological polar surface area (TPSA) is 89.3 Å². The highest BCUT2D eigenvalue weighted by atomic mass is 32.2. The molecule has 3 N–H and O–H groups in total. The van der Waals surface area contributed by atoms with Gasteiger partial charge in [0, 0.05) is 11.3 Å². The van der Waals surface area contributed by atoms with Gasteiger partial charge in [-0.25, -0.2) is 12.8 Å². The summed E-state index contributed by atoms with van der Waals surface area (Å²) in [4.78, 5) is 13.2. The molecule has 0 spiro atoms. The van der Waals surface area contributed by atoms with E-state index in [1.807, 2.05) is 32.0 Å². The number of aryl methyl sites for hydroxylation is 2. The van der Waals surface area contributed by atoms with Gasteiger partial charge in [0.2, 0.25) is 15.6 Å². The minimum atomic E-state index is -4.03. The lowest BCUT2D eigenvalue weighted by Crippen LogP contribution is -2.08. The number of carbonyl (C=O) groups is 1. The number of rotatable bonds is 6. The maximum Gasteiger partial charge on any atom is 0.211 e. The van der Waals surface area contributed by atoms with Gasteiger partial charge in [0.1, 0.15) is 20.6 Å². The fourth-order valence-electron chi connectivity index (χ4n) is 3.39. The molecule has 0 saturated carbocycles. The molecule has 1 heterocycles. The zero-order chi connectivity index (χ0) is 23.8. The SMILES string of the molecule is Cc1ccc(C)c(Nc2sc(C(=O)c3ccc(F)cc3)c(N)c2S(=O)(=O)c2ccccc2)c1. The number of thiophene rings is 1. The first-order valence-corrected chi connectivity index (χ1v) is 12.4. The fourth-order valence-corrected chi connectivity index (χ4v) is 6.34. The number of nitrogen functional groups attached to an aromatic ring is 1. The van der Waals surface area contributed by atoms with E-state index in [1.165, 1.54) is 36.4 Å². The Morgan fingerprint density at radius 3 is 2.30 bits per heavy atom. The van der Waals surface area contributed by atoms with Gasteiger partial charge in [-0.1, -0.05) is 30.3 Å². The van der Waals surface area contributed by atoms with E-state index in [4.69, 9.17) is 5.73 Å². The molecule has 8 heteroatoms. The molecule has 0 saturated heterocycles. The van der Waals surface area contributed by atoms with E-state index in [2.05, 4.69) is 5.32 Å². The van der Waals surface area contributed by atoms with Crippen LogP contribution in [0.15, 0.2) is 82.6 Å². The van der Waals surface area contributed by atoms with Crippen LogP contribution in [-0.2, 0) is 9.84 Å². The van der Waals surface area contributed by atoms with Gasteiger partial charge in [0.25, 0.3) is 0 Å². The molecule has 0 unspecified atom stereocenters. The third-order valence-electron chi connectivity index (χ3n) is 5.18. The number of nitrogens with two attached hydrogens (primary N) is 1. The minimum Gasteiger partial charge on any atom is -0.396 e. The number of halogens is 1. The van der Waals surface area contributed by atoms with Crippen molar-refractivity contribution in [2.75, 3.05) is 11.1 Å². The Labute approximate surface area is 195 Å². The van der Waals surface area contributed by atoms with Crippen LogP contribution in [0.2, 0.25) is 0 Å². The van der Waals surface area contributed by atoms with Crippen LogP contribution in [0.25, 0.3) is 0 Å². The van der Waals surface area contributed by atoms with E-state index in [0.717, 1.165) is 22.5 Å². The Hall–Kier alpha value is -3.49. The van der Waals surface area contributed by atoms with E-state index in [9.17, 15) is 17.6 Å². The summed E-state index contributed by atoms with van der Waals surface area (Å²) in [6, 6.07) is 18.7. The van der Waals surface area contributed by atoms with Gasteiger partial charge >= 0.3 is 0 Å². The third-order valence-corrected chi connectivity index (χ3v) is 8.28. The van der Waals surface area contributed by atoms with Gasteiger partial charge in [0.15, 0.2) is 0 Å². The van der Waals surface area contributed by atoms with Crippen LogP contribution in [0, 0.1) is 19.7 Å². The highest BCUT2D eigenvalue weighted by Gasteiger charge is 2.31. The summed E-state index contributed by atoms with van der Waals surface area (Å²) in [5, 5.41) is 3.43. The lowest BCUT2D eigenvalue weighted by Gasteiger charge is -2.12. The van der Waals surface area contributed by atoms with Crippen molar-refractivity contribution in [3.05, 3.63) is 100 Å². The molecule has 33 heavy (non-hydrogen) atoms. The Morgan fingerprint density at radius 2 is 1.64 bits per heavy atom. The van der Waals surface area contributed by atoms with Crippen LogP contribution >= 0.6 is 11.3 Å². The molecule has 0 bridgehead atoms. The number of hydrogen-bond acceptors (Lipinski definition) is 6. The summed E-state index contributed by atoms with van der Waals surface area (Å²) >= 11 is 0.966. The largest absolute Gasteiger partial charge is 0.396 e. The average Bonchev–Trinajstić information content (AvgIpc) is 3.13. The molecule has 3 aromatic carbocycles. The second kappa shape index (κ2) is 8.80. The van der Waals surface area contributed by atoms with Gasteiger partial charge in [-0.05, 0) is 67.4 Å². The summed E-state index contributed by atoms with van der Waals surface area (Å²) in [6.45, 7) is 3.83. The van der Waals surface area contributed by atoms with Gasteiger partial charge in [-0.2, -0.15) is 0 Å². The maximum atomic E-state index is 13.6. The van der Waals surface area contributed by atoms with Crippen molar-refractivity contribution in [2.45, 2.75) is 23.6 Å². The van der Waals surface area contributed by atoms with Crippen molar-refractivity contribution < 1.29 is 17.6 Å². The van der Waals surface area contributed by atoms with Crippen LogP contribution in [-0.4, -0.2) is 14.2 Å². The monoisotopic (exact) mass is 480 g/mol. The van der Waals surface area contributed by atoms with Crippen LogP contribution < -0.4 is 11.1 Å². The Balaban J connectivity index is 1.90. The van der Waals surface area contributed by atoms with Crippen LogP contribution in [0.5, 0.6) is 0 Å². The molecule has 168 valence electrons. The molecule has 0 atom stereocenters. The molecule has 1 aromatic heterocycles. The van der Waals surface area contributed by atoms with E-state index in [-0.39, 0.29) is 30.9 Å². The Bertz CT molecular complexity index is 1450. The van der Waals surface area contributed by atoms with Gasteiger partial charge in [-0.3, -0.25) is 4.79 Å². The standard InChI is InChI=1S/C25H21FN2O3S2/c1-15-8-9-16(2)20(14-15)28-25-24(33(30,31)19-6-4-3-5-7-19)21(27)23(32-25)22(29)17-10-12-18(26)13-11-17/h3-14,28H,27H2,1-2H3. The summed E-state index contributed by atoms with van der Waals surface area (Å²) < 4.78 is 40.5. The van der Waals surface area contributed by atoms with Crippen molar-refractivity contribution in [3.63, 3.8) is 0 Å². The number of benzene rings is 3. The normalized spacial score (nSPS) is 11.4. The first kappa shape index (κ1) is 22.7. The van der Waals surface area contributed by atoms with Crippen molar-refractivity contribution in [1.29, 1.82) is 0 Å². The quantitative estimate of drug-likeness (QED) is 0.336. The fraction of sp³-hybridized carbons (Fsp3) is 0.0800. The first-order chi connectivity index (χ1) is 15.7. The Kier molecular flexibility index (Phi) is 6.05. The predicted octanol–water partition coefficient (Wildman–Crippen LogP) is 5.89. The highest BCUT2D eigenvalue weighted by Crippen LogP contribution is 2.44. The minimum absolute atomic E-state index is 0.0688. The van der Waals surface area contributed by atoms with Crippen LogP contribution in [0.3, 0.4) is 0 Å². The third kappa shape index (κ3) is 4.40. The van der Waals surface area contributed by atoms with E-state index in [1.54, 1.807) is 18.2 Å². The smallest absolute Gasteiger partial charge is 0.211 e. The molecule has 5 nitrogen and oxygen atoms in total. The highest BCUT2D eigenvalue weighted by molar-refractivity contribution is 7.92. The van der Waals surface area contributed by atoms with Gasteiger partial charge in [-0.15, -0.1) is 11.3 Å². The number of anilines is 3. The Morgan fingerprint density at radius 1 is 0.970 bits per heavy atom. The zero-order valence-electron chi connectivity index (χ0n) is 17.9. The zero-order valence-corrected chi connectivity index (χ0v) is 19.6. The summed E-state index contributed by atoms with van der Waals surface area (Å²) in [6.07, 6.45) is 0. The number of sulfone groups is 1. The molecule has 4 rings (SSSR count). The van der Waals surface area contributed by atoms with Crippen molar-refractivity contribution >= 4 is 43.3 Å². The number of carbonyl (C=O) groups excluding carboxylic acids is 1. The molecule has 0 aliphatic carbocycles. The van der Waals surface area contributed by atoms with Gasteiger partial charge in [0.05, 0.1) is 10.6 Å². The molecule has 0 aliphatic heterocycles. The summed E-state index contributed by atoms with van der Waals surface area (Å²) in [7, 11) is -4.03. The lowest BCUT2D eigenvalue weighted by molar-refractivity contribution is 0.104. The molecule has 0 amide bonds. The first-order valence-electron chi connectivity index (χ1n) is 10.1. The molecule has 0 aliphatic rings. The lowest BCUT2D eigenvalue weighted by atomic mass is 10.1. The molecule has 0 fully saturated rings. The van der Waals surface area contributed by atoms with Crippen molar-refractivity contribution in [3.8, 4) is 0 Å². The number of hydrogen-bond donors (Lipinski definition) is 2. The molecular weight excluding hydrogens is 459 g/mol. The van der Waals surface area contributed by atoms with Crippen LogP contribution in [0.4, 0.5) is 20.8 Å². The van der Waals surface area contributed by atoms with Crippen LogP contribution in [0.1, 0.15) is 26.4 Å². The average molecular weight is 481 g/mol.